The number of rotatable bonds is 8. The molecule has 0 saturated heterocycles. The highest BCUT2D eigenvalue weighted by Crippen LogP contribution is 2.27. The molecule has 4 rings (SSSR count). The molecule has 1 atom stereocenters. The Morgan fingerprint density at radius 1 is 0.969 bits per heavy atom. The predicted octanol–water partition coefficient (Wildman–Crippen LogP) is 3.86. The van der Waals surface area contributed by atoms with Crippen LogP contribution in [0.1, 0.15) is 12.1 Å². The molecule has 0 spiro atoms. The lowest BCUT2D eigenvalue weighted by atomic mass is 10.0. The van der Waals surface area contributed by atoms with Crippen molar-refractivity contribution in [2.45, 2.75) is 23.6 Å². The standard InChI is InChI=1S/C24H23N5O2S/c25-22-13-11-19(18-7-3-1-4-8-18)15-23(22)26-24(30)14-12-20-16-29(28-27-20)17-32(31)21-9-5-2-6-10-21/h1-11,13,15-16H,12,14,17,25H2,(H,26,30). The van der Waals surface area contributed by atoms with Crippen LogP contribution >= 0.6 is 0 Å². The first-order valence-corrected chi connectivity index (χ1v) is 11.5. The first-order valence-electron chi connectivity index (χ1n) is 10.2. The zero-order valence-corrected chi connectivity index (χ0v) is 18.2. The average Bonchev–Trinajstić information content (AvgIpc) is 3.27. The van der Waals surface area contributed by atoms with Gasteiger partial charge in [-0.1, -0.05) is 59.8 Å². The van der Waals surface area contributed by atoms with E-state index in [2.05, 4.69) is 15.6 Å². The number of hydrogen-bond acceptors (Lipinski definition) is 5. The van der Waals surface area contributed by atoms with Gasteiger partial charge in [-0.15, -0.1) is 5.10 Å². The summed E-state index contributed by atoms with van der Waals surface area (Å²) in [5.41, 5.74) is 9.83. The van der Waals surface area contributed by atoms with E-state index in [1.807, 2.05) is 72.8 Å². The average molecular weight is 446 g/mol. The minimum atomic E-state index is -1.21. The number of benzene rings is 3. The molecule has 1 aromatic heterocycles. The number of anilines is 2. The van der Waals surface area contributed by atoms with E-state index >= 15 is 0 Å². The Bertz CT molecular complexity index is 1230. The van der Waals surface area contributed by atoms with Gasteiger partial charge in [0.2, 0.25) is 5.91 Å². The fraction of sp³-hybridized carbons (Fsp3) is 0.125. The van der Waals surface area contributed by atoms with Crippen LogP contribution in [0, 0.1) is 0 Å². The van der Waals surface area contributed by atoms with Gasteiger partial charge >= 0.3 is 0 Å². The first kappa shape index (κ1) is 21.5. The minimum Gasteiger partial charge on any atom is -0.397 e. The summed E-state index contributed by atoms with van der Waals surface area (Å²) in [6, 6.07) is 24.7. The molecule has 3 aromatic carbocycles. The van der Waals surface area contributed by atoms with Crippen LogP contribution < -0.4 is 11.1 Å². The van der Waals surface area contributed by atoms with Crippen LogP contribution in [0.3, 0.4) is 0 Å². The quantitative estimate of drug-likeness (QED) is 0.401. The molecule has 3 N–H and O–H groups in total. The molecule has 4 aromatic rings. The highest BCUT2D eigenvalue weighted by atomic mass is 32.2. The topological polar surface area (TPSA) is 103 Å². The summed E-state index contributed by atoms with van der Waals surface area (Å²) in [6.45, 7) is 0. The Hall–Kier alpha value is -3.78. The molecule has 1 amide bonds. The smallest absolute Gasteiger partial charge is 0.224 e. The summed E-state index contributed by atoms with van der Waals surface area (Å²) >= 11 is 0. The number of nitrogen functional groups attached to an aromatic ring is 1. The van der Waals surface area contributed by atoms with E-state index in [9.17, 15) is 9.00 Å². The van der Waals surface area contributed by atoms with E-state index in [1.165, 1.54) is 4.68 Å². The molecule has 0 aliphatic carbocycles. The summed E-state index contributed by atoms with van der Waals surface area (Å²) in [6.07, 6.45) is 2.37. The molecule has 0 aliphatic heterocycles. The molecular weight excluding hydrogens is 422 g/mol. The molecule has 0 radical (unpaired) electrons. The van der Waals surface area contributed by atoms with Crippen molar-refractivity contribution >= 4 is 28.1 Å². The van der Waals surface area contributed by atoms with Crippen molar-refractivity contribution in [2.24, 2.45) is 0 Å². The Kier molecular flexibility index (Phi) is 6.72. The van der Waals surface area contributed by atoms with Crippen LogP contribution in [0.25, 0.3) is 11.1 Å². The van der Waals surface area contributed by atoms with Crippen molar-refractivity contribution in [1.29, 1.82) is 0 Å². The second-order valence-electron chi connectivity index (χ2n) is 7.25. The van der Waals surface area contributed by atoms with Crippen LogP contribution in [0.2, 0.25) is 0 Å². The van der Waals surface area contributed by atoms with Gasteiger partial charge in [0.15, 0.2) is 0 Å². The van der Waals surface area contributed by atoms with E-state index in [1.54, 1.807) is 12.3 Å². The second-order valence-corrected chi connectivity index (χ2v) is 8.67. The highest BCUT2D eigenvalue weighted by Gasteiger charge is 2.11. The zero-order valence-electron chi connectivity index (χ0n) is 17.3. The number of carbonyl (C=O) groups excluding carboxylic acids is 1. The van der Waals surface area contributed by atoms with Crippen LogP contribution in [0.4, 0.5) is 11.4 Å². The van der Waals surface area contributed by atoms with Gasteiger partial charge in [-0.05, 0) is 35.4 Å². The van der Waals surface area contributed by atoms with E-state index < -0.39 is 10.8 Å². The van der Waals surface area contributed by atoms with Crippen LogP contribution in [-0.2, 0) is 27.9 Å². The van der Waals surface area contributed by atoms with Crippen LogP contribution in [0.15, 0.2) is 90.0 Å². The maximum atomic E-state index is 12.5. The lowest BCUT2D eigenvalue weighted by Gasteiger charge is -2.10. The van der Waals surface area contributed by atoms with Gasteiger partial charge in [0.1, 0.15) is 5.88 Å². The molecule has 8 heteroatoms. The van der Waals surface area contributed by atoms with E-state index in [0.29, 0.717) is 23.5 Å². The molecule has 0 aliphatic rings. The number of nitrogens with two attached hydrogens (primary N) is 1. The molecule has 0 saturated carbocycles. The van der Waals surface area contributed by atoms with Gasteiger partial charge in [0, 0.05) is 23.9 Å². The maximum Gasteiger partial charge on any atom is 0.224 e. The molecule has 1 unspecified atom stereocenters. The zero-order chi connectivity index (χ0) is 22.3. The highest BCUT2D eigenvalue weighted by molar-refractivity contribution is 7.84. The number of nitrogens with zero attached hydrogens (tertiary/aromatic N) is 3. The Balaban J connectivity index is 1.33. The predicted molar refractivity (Wildman–Crippen MR) is 126 cm³/mol. The molecule has 7 nitrogen and oxygen atoms in total. The lowest BCUT2D eigenvalue weighted by Crippen LogP contribution is -2.13. The number of hydrogen-bond donors (Lipinski definition) is 2. The molecule has 0 fully saturated rings. The van der Waals surface area contributed by atoms with Gasteiger partial charge in [-0.2, -0.15) is 0 Å². The summed E-state index contributed by atoms with van der Waals surface area (Å²) in [7, 11) is -1.21. The molecule has 162 valence electrons. The summed E-state index contributed by atoms with van der Waals surface area (Å²) in [5, 5.41) is 11.0. The third-order valence-electron chi connectivity index (χ3n) is 4.88. The van der Waals surface area contributed by atoms with Gasteiger partial charge < -0.3 is 11.1 Å². The van der Waals surface area contributed by atoms with Crippen molar-refractivity contribution < 1.29 is 9.00 Å². The number of carbonyl (C=O) groups is 1. The van der Waals surface area contributed by atoms with Crippen molar-refractivity contribution in [1.82, 2.24) is 15.0 Å². The fourth-order valence-electron chi connectivity index (χ4n) is 3.21. The first-order chi connectivity index (χ1) is 15.6. The minimum absolute atomic E-state index is 0.163. The largest absolute Gasteiger partial charge is 0.397 e. The third-order valence-corrected chi connectivity index (χ3v) is 6.18. The van der Waals surface area contributed by atoms with Crippen LogP contribution in [-0.4, -0.2) is 25.1 Å². The number of amides is 1. The van der Waals surface area contributed by atoms with E-state index in [-0.39, 0.29) is 18.2 Å². The Morgan fingerprint density at radius 3 is 2.44 bits per heavy atom. The normalized spacial score (nSPS) is 11.8. The van der Waals surface area contributed by atoms with Crippen LogP contribution in [0.5, 0.6) is 0 Å². The maximum absolute atomic E-state index is 12.5. The van der Waals surface area contributed by atoms with Gasteiger partial charge in [-0.3, -0.25) is 9.00 Å². The van der Waals surface area contributed by atoms with Gasteiger partial charge in [-0.25, -0.2) is 4.68 Å². The SMILES string of the molecule is Nc1ccc(-c2ccccc2)cc1NC(=O)CCc1cn(CS(=O)c2ccccc2)nn1. The summed E-state index contributed by atoms with van der Waals surface area (Å²) < 4.78 is 13.9. The second kappa shape index (κ2) is 10.0. The van der Waals surface area contributed by atoms with Crippen molar-refractivity contribution in [2.75, 3.05) is 11.1 Å². The molecule has 0 bridgehead atoms. The third kappa shape index (κ3) is 5.47. The number of nitrogens with one attached hydrogen (secondary N) is 1. The van der Waals surface area contributed by atoms with Crippen molar-refractivity contribution in [3.8, 4) is 11.1 Å². The Labute approximate surface area is 188 Å². The van der Waals surface area contributed by atoms with Crippen molar-refractivity contribution in [3.63, 3.8) is 0 Å². The van der Waals surface area contributed by atoms with E-state index in [4.69, 9.17) is 5.73 Å². The fourth-order valence-corrected chi connectivity index (χ4v) is 4.19. The summed E-state index contributed by atoms with van der Waals surface area (Å²) in [5.74, 6) is 0.0516. The van der Waals surface area contributed by atoms with Crippen molar-refractivity contribution in [3.05, 3.63) is 90.8 Å². The number of aryl methyl sites for hydroxylation is 1. The Morgan fingerprint density at radius 2 is 1.69 bits per heavy atom. The van der Waals surface area contributed by atoms with E-state index in [0.717, 1.165) is 16.0 Å². The molecular formula is C24H23N5O2S. The lowest BCUT2D eigenvalue weighted by molar-refractivity contribution is -0.116. The molecule has 32 heavy (non-hydrogen) atoms. The van der Waals surface area contributed by atoms with Gasteiger partial charge in [0.25, 0.3) is 0 Å². The monoisotopic (exact) mass is 445 g/mol. The van der Waals surface area contributed by atoms with Gasteiger partial charge in [0.05, 0.1) is 27.9 Å². The molecule has 1 heterocycles. The number of aromatic nitrogens is 3. The summed E-state index contributed by atoms with van der Waals surface area (Å²) in [4.78, 5) is 13.2.